The quantitative estimate of drug-likeness (QED) is 0.656. The van der Waals surface area contributed by atoms with E-state index in [0.29, 0.717) is 32.4 Å². The second kappa shape index (κ2) is 4.20. The Morgan fingerprint density at radius 2 is 2.00 bits per heavy atom. The number of rotatable bonds is 1. The molecule has 1 saturated carbocycles. The maximum absolute atomic E-state index is 11.1. The van der Waals surface area contributed by atoms with Crippen LogP contribution in [0.15, 0.2) is 0 Å². The molecule has 4 heteroatoms. The van der Waals surface area contributed by atoms with Crippen molar-refractivity contribution in [2.24, 2.45) is 0 Å². The van der Waals surface area contributed by atoms with Crippen LogP contribution in [-0.2, 0) is 4.79 Å². The summed E-state index contributed by atoms with van der Waals surface area (Å²) in [6.07, 6.45) is 3.49. The lowest BCUT2D eigenvalue weighted by Crippen LogP contribution is -2.55. The second-order valence-corrected chi connectivity index (χ2v) is 4.76. The highest BCUT2D eigenvalue weighted by atomic mass is 16.3. The van der Waals surface area contributed by atoms with Gasteiger partial charge in [0.25, 0.3) is 0 Å². The fraction of sp³-hybridized carbons (Fsp3) is 0.909. The molecule has 2 aliphatic rings. The van der Waals surface area contributed by atoms with Crippen LogP contribution >= 0.6 is 0 Å². The molecule has 0 radical (unpaired) electrons. The Kier molecular flexibility index (Phi) is 3.09. The SMILES string of the molecule is O=C1CCN(C2(O)CCCC(O)C2)CC1. The molecular formula is C11H19NO3. The number of aliphatic hydroxyl groups excluding tert-OH is 1. The minimum Gasteiger partial charge on any atom is -0.393 e. The van der Waals surface area contributed by atoms with Gasteiger partial charge < -0.3 is 10.2 Å². The molecule has 1 aliphatic carbocycles. The number of nitrogens with zero attached hydrogens (tertiary/aromatic N) is 1. The van der Waals surface area contributed by atoms with Crippen molar-refractivity contribution in [1.82, 2.24) is 4.90 Å². The molecule has 0 aromatic rings. The average molecular weight is 213 g/mol. The molecule has 0 aromatic carbocycles. The minimum atomic E-state index is -0.863. The molecule has 86 valence electrons. The van der Waals surface area contributed by atoms with Gasteiger partial charge >= 0.3 is 0 Å². The molecule has 2 unspecified atom stereocenters. The molecule has 0 aromatic heterocycles. The maximum Gasteiger partial charge on any atom is 0.135 e. The predicted octanol–water partition coefficient (Wildman–Crippen LogP) is 0.275. The Labute approximate surface area is 89.9 Å². The number of ketones is 1. The van der Waals surface area contributed by atoms with Gasteiger partial charge in [-0.2, -0.15) is 0 Å². The van der Waals surface area contributed by atoms with Crippen LogP contribution in [0.5, 0.6) is 0 Å². The Balaban J connectivity index is 1.98. The summed E-state index contributed by atoms with van der Waals surface area (Å²) >= 11 is 0. The summed E-state index contributed by atoms with van der Waals surface area (Å²) in [7, 11) is 0. The van der Waals surface area contributed by atoms with E-state index in [1.54, 1.807) is 0 Å². The molecule has 2 rings (SSSR count). The Morgan fingerprint density at radius 3 is 2.60 bits per heavy atom. The van der Waals surface area contributed by atoms with Crippen LogP contribution in [0.2, 0.25) is 0 Å². The van der Waals surface area contributed by atoms with Crippen LogP contribution < -0.4 is 0 Å². The van der Waals surface area contributed by atoms with Crippen molar-refractivity contribution < 1.29 is 15.0 Å². The van der Waals surface area contributed by atoms with Gasteiger partial charge in [-0.3, -0.25) is 9.69 Å². The number of Topliss-reactive ketones (excluding diaryl/α,β-unsaturated/α-hetero) is 1. The molecule has 0 bridgehead atoms. The van der Waals surface area contributed by atoms with E-state index in [9.17, 15) is 15.0 Å². The van der Waals surface area contributed by atoms with Crippen molar-refractivity contribution in [1.29, 1.82) is 0 Å². The number of hydrogen-bond donors (Lipinski definition) is 2. The summed E-state index contributed by atoms with van der Waals surface area (Å²) in [5.74, 6) is 0.284. The number of carbonyl (C=O) groups excluding carboxylic acids is 1. The Morgan fingerprint density at radius 1 is 1.33 bits per heavy atom. The van der Waals surface area contributed by atoms with E-state index in [-0.39, 0.29) is 11.9 Å². The molecule has 1 heterocycles. The highest BCUT2D eigenvalue weighted by Gasteiger charge is 2.40. The third-order valence-corrected chi connectivity index (χ3v) is 3.59. The molecule has 0 amide bonds. The van der Waals surface area contributed by atoms with Crippen LogP contribution in [0.3, 0.4) is 0 Å². The van der Waals surface area contributed by atoms with E-state index in [4.69, 9.17) is 0 Å². The summed E-state index contributed by atoms with van der Waals surface area (Å²) in [4.78, 5) is 13.1. The van der Waals surface area contributed by atoms with Crippen LogP contribution in [0, 0.1) is 0 Å². The van der Waals surface area contributed by atoms with E-state index < -0.39 is 5.72 Å². The minimum absolute atomic E-state index is 0.284. The van der Waals surface area contributed by atoms with Gasteiger partial charge in [0.15, 0.2) is 0 Å². The Hall–Kier alpha value is -0.450. The molecule has 15 heavy (non-hydrogen) atoms. The normalized spacial score (nSPS) is 39.3. The summed E-state index contributed by atoms with van der Waals surface area (Å²) in [6.45, 7) is 1.28. The summed E-state index contributed by atoms with van der Waals surface area (Å²) < 4.78 is 0. The lowest BCUT2D eigenvalue weighted by molar-refractivity contribution is -0.162. The number of piperidine rings is 1. The van der Waals surface area contributed by atoms with Gasteiger partial charge in [-0.05, 0) is 19.3 Å². The lowest BCUT2D eigenvalue weighted by atomic mass is 9.87. The van der Waals surface area contributed by atoms with Gasteiger partial charge in [0.2, 0.25) is 0 Å². The van der Waals surface area contributed by atoms with E-state index in [0.717, 1.165) is 19.3 Å². The van der Waals surface area contributed by atoms with Crippen LogP contribution in [-0.4, -0.2) is 45.8 Å². The maximum atomic E-state index is 11.1. The summed E-state index contributed by atoms with van der Waals surface area (Å²) in [6, 6.07) is 0. The van der Waals surface area contributed by atoms with E-state index in [1.165, 1.54) is 0 Å². The highest BCUT2D eigenvalue weighted by molar-refractivity contribution is 5.79. The van der Waals surface area contributed by atoms with E-state index >= 15 is 0 Å². The van der Waals surface area contributed by atoms with Gasteiger partial charge in [-0.25, -0.2) is 0 Å². The molecule has 2 atom stereocenters. The van der Waals surface area contributed by atoms with Gasteiger partial charge in [-0.15, -0.1) is 0 Å². The van der Waals surface area contributed by atoms with Crippen molar-refractivity contribution in [3.8, 4) is 0 Å². The molecule has 4 nitrogen and oxygen atoms in total. The summed E-state index contributed by atoms with van der Waals surface area (Å²) in [5, 5.41) is 20.0. The Bertz CT molecular complexity index is 246. The second-order valence-electron chi connectivity index (χ2n) is 4.76. The van der Waals surface area contributed by atoms with Crippen molar-refractivity contribution in [2.45, 2.75) is 50.4 Å². The van der Waals surface area contributed by atoms with Crippen molar-refractivity contribution in [3.05, 3.63) is 0 Å². The first-order valence-corrected chi connectivity index (χ1v) is 5.77. The van der Waals surface area contributed by atoms with Crippen LogP contribution in [0.1, 0.15) is 38.5 Å². The lowest BCUT2D eigenvalue weighted by Gasteiger charge is -2.45. The van der Waals surface area contributed by atoms with Crippen LogP contribution in [0.25, 0.3) is 0 Å². The molecule has 1 saturated heterocycles. The molecule has 2 fully saturated rings. The average Bonchev–Trinajstić information content (AvgIpc) is 2.18. The van der Waals surface area contributed by atoms with E-state index in [1.807, 2.05) is 4.90 Å². The largest absolute Gasteiger partial charge is 0.393 e. The number of aliphatic hydroxyl groups is 2. The zero-order valence-corrected chi connectivity index (χ0v) is 8.98. The zero-order chi connectivity index (χ0) is 10.9. The predicted molar refractivity (Wildman–Crippen MR) is 55.2 cm³/mol. The van der Waals surface area contributed by atoms with Crippen molar-refractivity contribution in [2.75, 3.05) is 13.1 Å². The molecule has 2 N–H and O–H groups in total. The van der Waals surface area contributed by atoms with Gasteiger partial charge in [0, 0.05) is 32.4 Å². The zero-order valence-electron chi connectivity index (χ0n) is 8.98. The van der Waals surface area contributed by atoms with Crippen LogP contribution in [0.4, 0.5) is 0 Å². The molecule has 0 spiro atoms. The molecule has 1 aliphatic heterocycles. The fourth-order valence-electron chi connectivity index (χ4n) is 2.66. The van der Waals surface area contributed by atoms with Crippen molar-refractivity contribution >= 4 is 5.78 Å². The van der Waals surface area contributed by atoms with Gasteiger partial charge in [0.1, 0.15) is 11.5 Å². The summed E-state index contributed by atoms with van der Waals surface area (Å²) in [5.41, 5.74) is -0.863. The van der Waals surface area contributed by atoms with Gasteiger partial charge in [-0.1, -0.05) is 0 Å². The third kappa shape index (κ3) is 2.38. The first-order chi connectivity index (χ1) is 7.10. The van der Waals surface area contributed by atoms with Gasteiger partial charge in [0.05, 0.1) is 6.10 Å². The monoisotopic (exact) mass is 213 g/mol. The fourth-order valence-corrected chi connectivity index (χ4v) is 2.66. The van der Waals surface area contributed by atoms with E-state index in [2.05, 4.69) is 0 Å². The third-order valence-electron chi connectivity index (χ3n) is 3.59. The topological polar surface area (TPSA) is 60.8 Å². The molecular weight excluding hydrogens is 194 g/mol. The number of hydrogen-bond acceptors (Lipinski definition) is 4. The smallest absolute Gasteiger partial charge is 0.135 e. The number of carbonyl (C=O) groups is 1. The first kappa shape index (κ1) is 11.0. The highest BCUT2D eigenvalue weighted by Crippen LogP contribution is 2.32. The van der Waals surface area contributed by atoms with Crippen molar-refractivity contribution in [3.63, 3.8) is 0 Å². The number of likely N-dealkylation sites (tertiary alicyclic amines) is 1. The standard InChI is InChI=1S/C11H19NO3/c13-9-3-6-12(7-4-9)11(15)5-1-2-10(14)8-11/h10,14-15H,1-8H2. The first-order valence-electron chi connectivity index (χ1n) is 5.77.